The van der Waals surface area contributed by atoms with E-state index in [-0.39, 0.29) is 11.9 Å². The van der Waals surface area contributed by atoms with Crippen LogP contribution in [0.4, 0.5) is 5.69 Å². The van der Waals surface area contributed by atoms with E-state index in [1.165, 1.54) is 0 Å². The Morgan fingerprint density at radius 3 is 2.77 bits per heavy atom. The lowest BCUT2D eigenvalue weighted by Gasteiger charge is -2.24. The first kappa shape index (κ1) is 17.7. The molecule has 0 saturated heterocycles. The molecule has 0 aliphatic carbocycles. The molecule has 0 aliphatic heterocycles. The summed E-state index contributed by atoms with van der Waals surface area (Å²) in [5, 5.41) is 3.39. The van der Waals surface area contributed by atoms with Crippen LogP contribution in [0.5, 0.6) is 0 Å². The van der Waals surface area contributed by atoms with Gasteiger partial charge in [-0.15, -0.1) is 0 Å². The molecule has 5 nitrogen and oxygen atoms in total. The number of anilines is 1. The van der Waals surface area contributed by atoms with Crippen molar-refractivity contribution in [3.8, 4) is 0 Å². The van der Waals surface area contributed by atoms with Gasteiger partial charge < -0.3 is 14.6 Å². The first-order chi connectivity index (χ1) is 12.6. The summed E-state index contributed by atoms with van der Waals surface area (Å²) in [5.41, 5.74) is 3.65. The van der Waals surface area contributed by atoms with Crippen LogP contribution in [0.3, 0.4) is 0 Å². The molecule has 26 heavy (non-hydrogen) atoms. The van der Waals surface area contributed by atoms with Crippen LogP contribution in [-0.2, 0) is 6.54 Å². The minimum Gasteiger partial charge on any atom is -0.467 e. The molecule has 0 radical (unpaired) electrons. The number of carbonyl (C=O) groups is 1. The molecule has 0 spiro atoms. The second-order valence-corrected chi connectivity index (χ2v) is 6.30. The zero-order valence-electron chi connectivity index (χ0n) is 15.3. The van der Waals surface area contributed by atoms with E-state index in [0.29, 0.717) is 12.1 Å². The van der Waals surface area contributed by atoms with Crippen molar-refractivity contribution < 1.29 is 9.21 Å². The van der Waals surface area contributed by atoms with E-state index in [9.17, 15) is 4.79 Å². The molecule has 0 fully saturated rings. The van der Waals surface area contributed by atoms with Gasteiger partial charge in [-0.25, -0.2) is 0 Å². The van der Waals surface area contributed by atoms with Crippen LogP contribution in [0.15, 0.2) is 65.5 Å². The quantitative estimate of drug-likeness (QED) is 0.715. The number of hydrogen-bond donors (Lipinski definition) is 1. The third-order valence-electron chi connectivity index (χ3n) is 4.63. The van der Waals surface area contributed by atoms with Crippen molar-refractivity contribution >= 4 is 11.6 Å². The van der Waals surface area contributed by atoms with Crippen LogP contribution in [0.2, 0.25) is 0 Å². The summed E-state index contributed by atoms with van der Waals surface area (Å²) < 4.78 is 5.43. The number of hydrogen-bond acceptors (Lipinski definition) is 4. The normalized spacial score (nSPS) is 11.8. The molecule has 0 saturated carbocycles. The predicted molar refractivity (Wildman–Crippen MR) is 102 cm³/mol. The van der Waals surface area contributed by atoms with E-state index in [0.717, 1.165) is 22.6 Å². The van der Waals surface area contributed by atoms with Gasteiger partial charge in [0.15, 0.2) is 0 Å². The number of furan rings is 1. The Bertz CT molecular complexity index is 860. The summed E-state index contributed by atoms with van der Waals surface area (Å²) >= 11 is 0. The molecule has 1 N–H and O–H groups in total. The highest BCUT2D eigenvalue weighted by atomic mass is 16.3. The Hall–Kier alpha value is -3.08. The van der Waals surface area contributed by atoms with Crippen molar-refractivity contribution in [1.29, 1.82) is 0 Å². The van der Waals surface area contributed by atoms with Crippen molar-refractivity contribution in [2.75, 3.05) is 12.4 Å². The molecule has 2 heterocycles. The zero-order valence-corrected chi connectivity index (χ0v) is 15.3. The molecule has 1 aromatic carbocycles. The number of rotatable bonds is 6. The van der Waals surface area contributed by atoms with Crippen LogP contribution in [-0.4, -0.2) is 22.8 Å². The van der Waals surface area contributed by atoms with Crippen molar-refractivity contribution in [3.05, 3.63) is 83.6 Å². The average Bonchev–Trinajstić information content (AvgIpc) is 3.21. The maximum atomic E-state index is 13.0. The third-order valence-corrected chi connectivity index (χ3v) is 4.63. The van der Waals surface area contributed by atoms with Crippen molar-refractivity contribution in [1.82, 2.24) is 9.88 Å². The number of aromatic nitrogens is 1. The Morgan fingerprint density at radius 1 is 1.23 bits per heavy atom. The first-order valence-corrected chi connectivity index (χ1v) is 8.61. The Kier molecular flexibility index (Phi) is 5.37. The molecule has 5 heteroatoms. The van der Waals surface area contributed by atoms with E-state index in [1.54, 1.807) is 24.4 Å². The van der Waals surface area contributed by atoms with Gasteiger partial charge in [0.05, 0.1) is 12.3 Å². The lowest BCUT2D eigenvalue weighted by atomic mass is 10.0. The molecular weight excluding hydrogens is 326 g/mol. The summed E-state index contributed by atoms with van der Waals surface area (Å²) in [4.78, 5) is 18.8. The lowest BCUT2D eigenvalue weighted by molar-refractivity contribution is 0.0725. The molecule has 0 bridgehead atoms. The van der Waals surface area contributed by atoms with Crippen LogP contribution in [0.1, 0.15) is 40.2 Å². The Labute approximate surface area is 153 Å². The van der Waals surface area contributed by atoms with E-state index >= 15 is 0 Å². The molecule has 3 aromatic rings. The Balaban J connectivity index is 1.76. The van der Waals surface area contributed by atoms with Gasteiger partial charge in [0, 0.05) is 37.2 Å². The molecule has 3 rings (SSSR count). The maximum Gasteiger partial charge on any atom is 0.254 e. The van der Waals surface area contributed by atoms with Crippen molar-refractivity contribution in [2.24, 2.45) is 0 Å². The van der Waals surface area contributed by atoms with E-state index in [1.807, 2.05) is 62.5 Å². The van der Waals surface area contributed by atoms with E-state index in [4.69, 9.17) is 4.42 Å². The van der Waals surface area contributed by atoms with Gasteiger partial charge in [-0.2, -0.15) is 0 Å². The topological polar surface area (TPSA) is 58.4 Å². The van der Waals surface area contributed by atoms with Gasteiger partial charge in [0.2, 0.25) is 0 Å². The standard InChI is InChI=1S/C21H23N3O2/c1-15-18(21(25)24(3)16(2)20-10-6-12-26-20)8-4-9-19(15)23-14-17-7-5-11-22-13-17/h4-13,16,23H,14H2,1-3H3/t16-/m1/s1. The van der Waals surface area contributed by atoms with E-state index in [2.05, 4.69) is 10.3 Å². The Morgan fingerprint density at radius 2 is 2.08 bits per heavy atom. The number of nitrogens with zero attached hydrogens (tertiary/aromatic N) is 2. The maximum absolute atomic E-state index is 13.0. The molecule has 1 amide bonds. The molecule has 2 aromatic heterocycles. The van der Waals surface area contributed by atoms with Crippen molar-refractivity contribution in [2.45, 2.75) is 26.4 Å². The van der Waals surface area contributed by atoms with Crippen molar-refractivity contribution in [3.63, 3.8) is 0 Å². The van der Waals surface area contributed by atoms with Gasteiger partial charge in [0.25, 0.3) is 5.91 Å². The fourth-order valence-electron chi connectivity index (χ4n) is 2.84. The van der Waals surface area contributed by atoms with Gasteiger partial charge in [-0.05, 0) is 55.3 Å². The van der Waals surface area contributed by atoms with Crippen LogP contribution >= 0.6 is 0 Å². The highest BCUT2D eigenvalue weighted by molar-refractivity contribution is 5.97. The van der Waals surface area contributed by atoms with Crippen LogP contribution < -0.4 is 5.32 Å². The second kappa shape index (κ2) is 7.87. The summed E-state index contributed by atoms with van der Waals surface area (Å²) in [6.07, 6.45) is 5.21. The number of amides is 1. The minimum absolute atomic E-state index is 0.0311. The molecule has 134 valence electrons. The number of benzene rings is 1. The molecular formula is C21H23N3O2. The lowest BCUT2D eigenvalue weighted by Crippen LogP contribution is -2.30. The third kappa shape index (κ3) is 3.77. The van der Waals surface area contributed by atoms with Gasteiger partial charge >= 0.3 is 0 Å². The first-order valence-electron chi connectivity index (χ1n) is 8.61. The van der Waals surface area contributed by atoms with Gasteiger partial charge in [-0.1, -0.05) is 12.1 Å². The highest BCUT2D eigenvalue weighted by Gasteiger charge is 2.22. The predicted octanol–water partition coefficient (Wildman–Crippen LogP) is 4.43. The summed E-state index contributed by atoms with van der Waals surface area (Å²) in [6.45, 7) is 4.58. The van der Waals surface area contributed by atoms with Crippen LogP contribution in [0, 0.1) is 6.92 Å². The monoisotopic (exact) mass is 349 g/mol. The average molecular weight is 349 g/mol. The summed E-state index contributed by atoms with van der Waals surface area (Å²) in [6, 6.07) is 13.3. The highest BCUT2D eigenvalue weighted by Crippen LogP contribution is 2.25. The largest absolute Gasteiger partial charge is 0.467 e. The number of nitrogens with one attached hydrogen (secondary N) is 1. The molecule has 1 atom stereocenters. The summed E-state index contributed by atoms with van der Waals surface area (Å²) in [7, 11) is 1.80. The molecule has 0 aliphatic rings. The number of pyridine rings is 1. The minimum atomic E-state index is -0.135. The number of carbonyl (C=O) groups excluding carboxylic acids is 1. The fraction of sp³-hybridized carbons (Fsp3) is 0.238. The van der Waals surface area contributed by atoms with E-state index < -0.39 is 0 Å². The summed E-state index contributed by atoms with van der Waals surface area (Å²) in [5.74, 6) is 0.737. The molecule has 0 unspecified atom stereocenters. The smallest absolute Gasteiger partial charge is 0.254 e. The van der Waals surface area contributed by atoms with Crippen LogP contribution in [0.25, 0.3) is 0 Å². The zero-order chi connectivity index (χ0) is 18.5. The van der Waals surface area contributed by atoms with Gasteiger partial charge in [-0.3, -0.25) is 9.78 Å². The van der Waals surface area contributed by atoms with Gasteiger partial charge in [0.1, 0.15) is 5.76 Å². The second-order valence-electron chi connectivity index (χ2n) is 6.30. The SMILES string of the molecule is Cc1c(NCc2cccnc2)cccc1C(=O)N(C)[C@H](C)c1ccco1. The fourth-order valence-corrected chi connectivity index (χ4v) is 2.84.